The summed E-state index contributed by atoms with van der Waals surface area (Å²) in [4.78, 5) is 12.1. The zero-order valence-corrected chi connectivity index (χ0v) is 14.3. The van der Waals surface area contributed by atoms with Gasteiger partial charge < -0.3 is 14.8 Å². The van der Waals surface area contributed by atoms with Crippen LogP contribution in [0.1, 0.15) is 48.0 Å². The summed E-state index contributed by atoms with van der Waals surface area (Å²) in [7, 11) is 3.12. The van der Waals surface area contributed by atoms with Gasteiger partial charge in [0.1, 0.15) is 5.75 Å². The van der Waals surface area contributed by atoms with Gasteiger partial charge in [-0.2, -0.15) is 0 Å². The molecule has 0 aromatic heterocycles. The SMILES string of the molecule is COC(=O)C1C[C@H](N[C@@H](C)c2ccc(OC)cc2)c2ccccc21. The standard InChI is InChI=1S/C20H23NO3/c1-13(14-8-10-15(23-2)11-9-14)21-19-12-18(20(22)24-3)16-6-4-5-7-17(16)19/h4-11,13,18-19,21H,12H2,1-3H3/t13-,18?,19-/m0/s1. The highest BCUT2D eigenvalue weighted by Crippen LogP contribution is 2.41. The van der Waals surface area contributed by atoms with Gasteiger partial charge in [-0.05, 0) is 42.2 Å². The highest BCUT2D eigenvalue weighted by atomic mass is 16.5. The zero-order valence-electron chi connectivity index (χ0n) is 14.3. The highest BCUT2D eigenvalue weighted by Gasteiger charge is 2.36. The fourth-order valence-electron chi connectivity index (χ4n) is 3.45. The molecule has 3 rings (SSSR count). The number of hydrogen-bond acceptors (Lipinski definition) is 4. The average Bonchev–Trinajstić information content (AvgIpc) is 3.00. The summed E-state index contributed by atoms with van der Waals surface area (Å²) in [6, 6.07) is 16.5. The monoisotopic (exact) mass is 325 g/mol. The third kappa shape index (κ3) is 3.15. The minimum Gasteiger partial charge on any atom is -0.497 e. The van der Waals surface area contributed by atoms with Crippen molar-refractivity contribution in [2.24, 2.45) is 0 Å². The summed E-state index contributed by atoms with van der Waals surface area (Å²) in [5.74, 6) is 0.499. The minimum atomic E-state index is -0.188. The Balaban J connectivity index is 1.78. The molecule has 1 aliphatic rings. The number of fused-ring (bicyclic) bond motifs is 1. The number of nitrogens with one attached hydrogen (secondary N) is 1. The van der Waals surface area contributed by atoms with E-state index in [2.05, 4.69) is 30.4 Å². The van der Waals surface area contributed by atoms with Crippen LogP contribution in [-0.4, -0.2) is 20.2 Å². The maximum Gasteiger partial charge on any atom is 0.313 e. The molecule has 2 aromatic carbocycles. The van der Waals surface area contributed by atoms with Crippen LogP contribution in [0.3, 0.4) is 0 Å². The maximum atomic E-state index is 12.1. The number of esters is 1. The molecular formula is C20H23NO3. The fraction of sp³-hybridized carbons (Fsp3) is 0.350. The van der Waals surface area contributed by atoms with Crippen molar-refractivity contribution in [2.45, 2.75) is 31.3 Å². The van der Waals surface area contributed by atoms with Crippen molar-refractivity contribution >= 4 is 5.97 Å². The molecule has 3 atom stereocenters. The average molecular weight is 325 g/mol. The second kappa shape index (κ2) is 7.05. The molecule has 24 heavy (non-hydrogen) atoms. The van der Waals surface area contributed by atoms with E-state index in [9.17, 15) is 4.79 Å². The number of hydrogen-bond donors (Lipinski definition) is 1. The van der Waals surface area contributed by atoms with Gasteiger partial charge in [0.05, 0.1) is 20.1 Å². The van der Waals surface area contributed by atoms with E-state index >= 15 is 0 Å². The minimum absolute atomic E-state index is 0.141. The van der Waals surface area contributed by atoms with Crippen molar-refractivity contribution < 1.29 is 14.3 Å². The molecule has 1 unspecified atom stereocenters. The van der Waals surface area contributed by atoms with Crippen LogP contribution >= 0.6 is 0 Å². The van der Waals surface area contributed by atoms with Gasteiger partial charge in [-0.15, -0.1) is 0 Å². The normalized spacial score (nSPS) is 20.3. The largest absolute Gasteiger partial charge is 0.497 e. The van der Waals surface area contributed by atoms with E-state index < -0.39 is 0 Å². The predicted molar refractivity (Wildman–Crippen MR) is 93.1 cm³/mol. The third-order valence-corrected chi connectivity index (χ3v) is 4.77. The van der Waals surface area contributed by atoms with E-state index in [1.165, 1.54) is 18.2 Å². The molecule has 0 fully saturated rings. The summed E-state index contributed by atoms with van der Waals surface area (Å²) in [6.07, 6.45) is 0.729. The summed E-state index contributed by atoms with van der Waals surface area (Å²) >= 11 is 0. The van der Waals surface area contributed by atoms with E-state index in [0.29, 0.717) is 0 Å². The molecule has 0 amide bonds. The molecular weight excluding hydrogens is 302 g/mol. The number of carbonyl (C=O) groups excluding carboxylic acids is 1. The van der Waals surface area contributed by atoms with E-state index in [1.54, 1.807) is 7.11 Å². The molecule has 4 heteroatoms. The lowest BCUT2D eigenvalue weighted by Crippen LogP contribution is -2.23. The first kappa shape index (κ1) is 16.5. The van der Waals surface area contributed by atoms with Gasteiger partial charge in [0.25, 0.3) is 0 Å². The maximum absolute atomic E-state index is 12.1. The summed E-state index contributed by atoms with van der Waals surface area (Å²) in [5, 5.41) is 3.65. The molecule has 2 aromatic rings. The van der Waals surface area contributed by atoms with Crippen LogP contribution < -0.4 is 10.1 Å². The first-order valence-electron chi connectivity index (χ1n) is 8.20. The van der Waals surface area contributed by atoms with Crippen LogP contribution in [-0.2, 0) is 9.53 Å². The first-order valence-corrected chi connectivity index (χ1v) is 8.20. The van der Waals surface area contributed by atoms with Gasteiger partial charge in [-0.3, -0.25) is 4.79 Å². The summed E-state index contributed by atoms with van der Waals surface area (Å²) < 4.78 is 10.2. The van der Waals surface area contributed by atoms with Gasteiger partial charge in [0.2, 0.25) is 0 Å². The van der Waals surface area contributed by atoms with Gasteiger partial charge in [-0.25, -0.2) is 0 Å². The van der Waals surface area contributed by atoms with Crippen molar-refractivity contribution in [3.63, 3.8) is 0 Å². The van der Waals surface area contributed by atoms with E-state index in [-0.39, 0.29) is 24.0 Å². The Morgan fingerprint density at radius 1 is 1.08 bits per heavy atom. The Labute approximate surface area is 142 Å². The van der Waals surface area contributed by atoms with Crippen LogP contribution in [0.5, 0.6) is 5.75 Å². The summed E-state index contributed by atoms with van der Waals surface area (Å²) in [5.41, 5.74) is 3.45. The lowest BCUT2D eigenvalue weighted by Gasteiger charge is -2.21. The van der Waals surface area contributed by atoms with Gasteiger partial charge in [-0.1, -0.05) is 36.4 Å². The van der Waals surface area contributed by atoms with Crippen molar-refractivity contribution in [3.8, 4) is 5.75 Å². The lowest BCUT2D eigenvalue weighted by molar-refractivity contribution is -0.142. The molecule has 1 N–H and O–H groups in total. The number of rotatable bonds is 5. The third-order valence-electron chi connectivity index (χ3n) is 4.77. The van der Waals surface area contributed by atoms with Crippen molar-refractivity contribution in [2.75, 3.05) is 14.2 Å². The molecule has 0 saturated heterocycles. The summed E-state index contributed by atoms with van der Waals surface area (Å²) in [6.45, 7) is 2.13. The van der Waals surface area contributed by atoms with Crippen LogP contribution in [0, 0.1) is 0 Å². The lowest BCUT2D eigenvalue weighted by atomic mass is 10.0. The Bertz CT molecular complexity index is 711. The molecule has 4 nitrogen and oxygen atoms in total. The smallest absolute Gasteiger partial charge is 0.313 e. The molecule has 0 heterocycles. The van der Waals surface area contributed by atoms with Crippen LogP contribution in [0.25, 0.3) is 0 Å². The number of carbonyl (C=O) groups is 1. The quantitative estimate of drug-likeness (QED) is 0.851. The molecule has 1 aliphatic carbocycles. The van der Waals surface area contributed by atoms with Gasteiger partial charge in [0, 0.05) is 12.1 Å². The first-order chi connectivity index (χ1) is 11.6. The Kier molecular flexibility index (Phi) is 4.86. The Morgan fingerprint density at radius 2 is 1.75 bits per heavy atom. The number of methoxy groups -OCH3 is 2. The fourth-order valence-corrected chi connectivity index (χ4v) is 3.45. The van der Waals surface area contributed by atoms with Gasteiger partial charge >= 0.3 is 5.97 Å². The molecule has 0 bridgehead atoms. The second-order valence-corrected chi connectivity index (χ2v) is 6.15. The topological polar surface area (TPSA) is 47.6 Å². The highest BCUT2D eigenvalue weighted by molar-refractivity contribution is 5.80. The van der Waals surface area contributed by atoms with E-state index in [1.807, 2.05) is 30.3 Å². The second-order valence-electron chi connectivity index (χ2n) is 6.15. The molecule has 0 radical (unpaired) electrons. The predicted octanol–water partition coefficient (Wildman–Crippen LogP) is 3.75. The van der Waals surface area contributed by atoms with E-state index in [4.69, 9.17) is 9.47 Å². The van der Waals surface area contributed by atoms with Crippen molar-refractivity contribution in [1.82, 2.24) is 5.32 Å². The zero-order chi connectivity index (χ0) is 17.1. The van der Waals surface area contributed by atoms with Crippen molar-refractivity contribution in [1.29, 1.82) is 0 Å². The molecule has 0 aliphatic heterocycles. The Morgan fingerprint density at radius 3 is 2.38 bits per heavy atom. The molecule has 126 valence electrons. The van der Waals surface area contributed by atoms with Crippen LogP contribution in [0.2, 0.25) is 0 Å². The van der Waals surface area contributed by atoms with Crippen molar-refractivity contribution in [3.05, 3.63) is 65.2 Å². The van der Waals surface area contributed by atoms with Crippen LogP contribution in [0.4, 0.5) is 0 Å². The number of benzene rings is 2. The number of ether oxygens (including phenoxy) is 2. The molecule has 0 spiro atoms. The molecule has 0 saturated carbocycles. The van der Waals surface area contributed by atoms with Gasteiger partial charge in [0.15, 0.2) is 0 Å². The van der Waals surface area contributed by atoms with E-state index in [0.717, 1.165) is 17.7 Å². The Hall–Kier alpha value is -2.33. The van der Waals surface area contributed by atoms with Crippen LogP contribution in [0.15, 0.2) is 48.5 Å².